The molecule has 1 aliphatic heterocycles. The van der Waals surface area contributed by atoms with Gasteiger partial charge in [0.15, 0.2) is 11.5 Å². The molecule has 0 atom stereocenters. The molecule has 1 heterocycles. The van der Waals surface area contributed by atoms with Crippen molar-refractivity contribution in [2.45, 2.75) is 26.8 Å². The summed E-state index contributed by atoms with van der Waals surface area (Å²) in [6, 6.07) is 8.41. The SMILES string of the molecule is CCOc1cc2c(cc1OCC)CN(C(=O)c1ccc(NC)c([N+](=O)[O-])c1)CC2. The summed E-state index contributed by atoms with van der Waals surface area (Å²) in [5.41, 5.74) is 2.68. The Labute approximate surface area is 169 Å². The van der Waals surface area contributed by atoms with Gasteiger partial charge in [-0.2, -0.15) is 0 Å². The summed E-state index contributed by atoms with van der Waals surface area (Å²) in [5, 5.41) is 14.1. The lowest BCUT2D eigenvalue weighted by molar-refractivity contribution is -0.384. The van der Waals surface area contributed by atoms with Gasteiger partial charge in [0.2, 0.25) is 0 Å². The normalized spacial score (nSPS) is 12.9. The molecule has 0 aliphatic carbocycles. The van der Waals surface area contributed by atoms with E-state index >= 15 is 0 Å². The predicted octanol–water partition coefficient (Wildman–Crippen LogP) is 3.63. The number of benzene rings is 2. The van der Waals surface area contributed by atoms with Crippen molar-refractivity contribution in [3.63, 3.8) is 0 Å². The van der Waals surface area contributed by atoms with Crippen molar-refractivity contribution in [3.05, 3.63) is 57.1 Å². The van der Waals surface area contributed by atoms with Crippen LogP contribution in [0.5, 0.6) is 11.5 Å². The Morgan fingerprint density at radius 1 is 1.14 bits per heavy atom. The lowest BCUT2D eigenvalue weighted by Crippen LogP contribution is -2.36. The summed E-state index contributed by atoms with van der Waals surface area (Å²) < 4.78 is 11.4. The van der Waals surface area contributed by atoms with E-state index in [-0.39, 0.29) is 11.6 Å². The van der Waals surface area contributed by atoms with Gasteiger partial charge in [0.25, 0.3) is 11.6 Å². The van der Waals surface area contributed by atoms with E-state index in [1.54, 1.807) is 24.1 Å². The van der Waals surface area contributed by atoms with E-state index in [1.807, 2.05) is 26.0 Å². The van der Waals surface area contributed by atoms with E-state index in [0.29, 0.717) is 55.5 Å². The first-order valence-corrected chi connectivity index (χ1v) is 9.65. The third-order valence-corrected chi connectivity index (χ3v) is 4.88. The summed E-state index contributed by atoms with van der Waals surface area (Å²) in [6.07, 6.45) is 0.685. The van der Waals surface area contributed by atoms with Gasteiger partial charge in [-0.05, 0) is 55.7 Å². The molecule has 0 aromatic heterocycles. The van der Waals surface area contributed by atoms with Crippen molar-refractivity contribution in [2.75, 3.05) is 32.1 Å². The summed E-state index contributed by atoms with van der Waals surface area (Å²) in [4.78, 5) is 25.5. The summed E-state index contributed by atoms with van der Waals surface area (Å²) in [7, 11) is 1.61. The Bertz CT molecular complexity index is 929. The number of ether oxygens (including phenoxy) is 2. The molecule has 8 nitrogen and oxygen atoms in total. The van der Waals surface area contributed by atoms with E-state index < -0.39 is 4.92 Å². The smallest absolute Gasteiger partial charge is 0.293 e. The van der Waals surface area contributed by atoms with Gasteiger partial charge in [0, 0.05) is 31.8 Å². The second kappa shape index (κ2) is 8.81. The van der Waals surface area contributed by atoms with E-state index in [2.05, 4.69) is 5.32 Å². The van der Waals surface area contributed by atoms with Crippen LogP contribution in [0, 0.1) is 10.1 Å². The molecule has 0 unspecified atom stereocenters. The molecular weight excluding hydrogens is 374 g/mol. The second-order valence-electron chi connectivity index (χ2n) is 6.65. The fourth-order valence-electron chi connectivity index (χ4n) is 3.48. The highest BCUT2D eigenvalue weighted by atomic mass is 16.6. The molecule has 2 aromatic rings. The van der Waals surface area contributed by atoms with Crippen molar-refractivity contribution >= 4 is 17.3 Å². The summed E-state index contributed by atoms with van der Waals surface area (Å²) in [6.45, 7) is 5.85. The van der Waals surface area contributed by atoms with Crippen LogP contribution in [-0.4, -0.2) is 42.5 Å². The molecule has 0 spiro atoms. The molecule has 0 bridgehead atoms. The highest BCUT2D eigenvalue weighted by Crippen LogP contribution is 2.34. The first-order chi connectivity index (χ1) is 14.0. The number of nitro groups is 1. The average molecular weight is 399 g/mol. The summed E-state index contributed by atoms with van der Waals surface area (Å²) >= 11 is 0. The van der Waals surface area contributed by atoms with Gasteiger partial charge in [-0.1, -0.05) is 0 Å². The number of amides is 1. The average Bonchev–Trinajstić information content (AvgIpc) is 2.73. The van der Waals surface area contributed by atoms with Gasteiger partial charge in [-0.3, -0.25) is 14.9 Å². The van der Waals surface area contributed by atoms with Gasteiger partial charge in [-0.15, -0.1) is 0 Å². The van der Waals surface area contributed by atoms with Crippen LogP contribution >= 0.6 is 0 Å². The molecule has 154 valence electrons. The van der Waals surface area contributed by atoms with Crippen LogP contribution in [-0.2, 0) is 13.0 Å². The molecule has 0 saturated heterocycles. The molecule has 1 amide bonds. The van der Waals surface area contributed by atoms with Gasteiger partial charge >= 0.3 is 0 Å². The first kappa shape index (κ1) is 20.4. The Hall–Kier alpha value is -3.29. The van der Waals surface area contributed by atoms with Crippen molar-refractivity contribution in [2.24, 2.45) is 0 Å². The van der Waals surface area contributed by atoms with E-state index in [0.717, 1.165) is 11.1 Å². The first-order valence-electron chi connectivity index (χ1n) is 9.65. The van der Waals surface area contributed by atoms with Crippen molar-refractivity contribution in [3.8, 4) is 11.5 Å². The van der Waals surface area contributed by atoms with Crippen molar-refractivity contribution < 1.29 is 19.2 Å². The third kappa shape index (κ3) is 4.26. The van der Waals surface area contributed by atoms with Crippen LogP contribution in [0.2, 0.25) is 0 Å². The Morgan fingerprint density at radius 3 is 2.38 bits per heavy atom. The Kier molecular flexibility index (Phi) is 6.21. The zero-order valence-electron chi connectivity index (χ0n) is 16.9. The van der Waals surface area contributed by atoms with Gasteiger partial charge < -0.3 is 19.7 Å². The lowest BCUT2D eigenvalue weighted by atomic mass is 9.98. The van der Waals surface area contributed by atoms with Crippen LogP contribution < -0.4 is 14.8 Å². The number of fused-ring (bicyclic) bond motifs is 1. The fraction of sp³-hybridized carbons (Fsp3) is 0.381. The number of nitrogens with zero attached hydrogens (tertiary/aromatic N) is 2. The number of rotatable bonds is 7. The van der Waals surface area contributed by atoms with E-state index in [9.17, 15) is 14.9 Å². The number of nitro benzene ring substituents is 1. The lowest BCUT2D eigenvalue weighted by Gasteiger charge is -2.30. The monoisotopic (exact) mass is 399 g/mol. The van der Waals surface area contributed by atoms with Crippen LogP contribution in [0.1, 0.15) is 35.3 Å². The van der Waals surface area contributed by atoms with E-state index in [4.69, 9.17) is 9.47 Å². The molecule has 2 aromatic carbocycles. The Morgan fingerprint density at radius 2 is 1.79 bits per heavy atom. The number of carbonyl (C=O) groups is 1. The number of hydrogen-bond donors (Lipinski definition) is 1. The van der Waals surface area contributed by atoms with Gasteiger partial charge in [-0.25, -0.2) is 0 Å². The minimum Gasteiger partial charge on any atom is -0.490 e. The van der Waals surface area contributed by atoms with Crippen LogP contribution in [0.4, 0.5) is 11.4 Å². The van der Waals surface area contributed by atoms with Crippen molar-refractivity contribution in [1.29, 1.82) is 0 Å². The highest BCUT2D eigenvalue weighted by Gasteiger charge is 2.25. The van der Waals surface area contributed by atoms with E-state index in [1.165, 1.54) is 6.07 Å². The third-order valence-electron chi connectivity index (χ3n) is 4.88. The molecule has 1 N–H and O–H groups in total. The van der Waals surface area contributed by atoms with Crippen LogP contribution in [0.15, 0.2) is 30.3 Å². The number of nitrogens with one attached hydrogen (secondary N) is 1. The molecule has 1 aliphatic rings. The minimum atomic E-state index is -0.488. The number of carbonyl (C=O) groups excluding carboxylic acids is 1. The quantitative estimate of drug-likeness (QED) is 0.564. The van der Waals surface area contributed by atoms with Crippen LogP contribution in [0.25, 0.3) is 0 Å². The van der Waals surface area contributed by atoms with Crippen LogP contribution in [0.3, 0.4) is 0 Å². The Balaban J connectivity index is 1.86. The zero-order chi connectivity index (χ0) is 21.0. The largest absolute Gasteiger partial charge is 0.490 e. The molecular formula is C21H25N3O5. The topological polar surface area (TPSA) is 93.9 Å². The standard InChI is InChI=1S/C21H25N3O5/c1-4-28-19-11-14-8-9-23(13-16(14)12-20(19)29-5-2)21(25)15-6-7-17(22-3)18(10-15)24(26)27/h6-7,10-12,22H,4-5,8-9,13H2,1-3H3. The maximum atomic E-state index is 13.0. The molecule has 29 heavy (non-hydrogen) atoms. The van der Waals surface area contributed by atoms with Gasteiger partial charge in [0.05, 0.1) is 18.1 Å². The van der Waals surface area contributed by atoms with Crippen molar-refractivity contribution in [1.82, 2.24) is 4.90 Å². The second-order valence-corrected chi connectivity index (χ2v) is 6.65. The molecule has 0 radical (unpaired) electrons. The summed E-state index contributed by atoms with van der Waals surface area (Å²) in [5.74, 6) is 1.15. The highest BCUT2D eigenvalue weighted by molar-refractivity contribution is 5.96. The molecule has 0 saturated carbocycles. The van der Waals surface area contributed by atoms with Gasteiger partial charge in [0.1, 0.15) is 5.69 Å². The maximum Gasteiger partial charge on any atom is 0.293 e. The molecule has 8 heteroatoms. The minimum absolute atomic E-state index is 0.115. The number of anilines is 1. The molecule has 0 fully saturated rings. The maximum absolute atomic E-state index is 13.0. The number of hydrogen-bond acceptors (Lipinski definition) is 6. The zero-order valence-corrected chi connectivity index (χ0v) is 16.9. The fourth-order valence-corrected chi connectivity index (χ4v) is 3.48. The molecule has 3 rings (SSSR count). The predicted molar refractivity (Wildman–Crippen MR) is 110 cm³/mol.